The van der Waals surface area contributed by atoms with E-state index in [1.165, 1.54) is 12.1 Å². The fourth-order valence-electron chi connectivity index (χ4n) is 5.28. The van der Waals surface area contributed by atoms with Crippen LogP contribution in [0.15, 0.2) is 48.5 Å². The van der Waals surface area contributed by atoms with Gasteiger partial charge in [-0.05, 0) is 67.1 Å². The van der Waals surface area contributed by atoms with Crippen LogP contribution in [0.25, 0.3) is 0 Å². The first-order chi connectivity index (χ1) is 14.6. The van der Waals surface area contributed by atoms with E-state index >= 15 is 0 Å². The summed E-state index contributed by atoms with van der Waals surface area (Å²) >= 11 is 0. The van der Waals surface area contributed by atoms with Crippen molar-refractivity contribution in [2.24, 2.45) is 5.92 Å². The molecule has 6 rings (SSSR count). The highest BCUT2D eigenvalue weighted by molar-refractivity contribution is 6.35. The lowest BCUT2D eigenvalue weighted by molar-refractivity contribution is -0.148. The molecule has 2 bridgehead atoms. The third-order valence-electron chi connectivity index (χ3n) is 6.90. The molecule has 1 N–H and O–H groups in total. The number of halogens is 1. The SMILES string of the molecule is O=C(N[C@@H]1CN2CCC1CC2)C(=O)N1CCc2ccccc2[C@@H]1c1ccc(F)cc1. The van der Waals surface area contributed by atoms with Gasteiger partial charge in [0.15, 0.2) is 0 Å². The largest absolute Gasteiger partial charge is 0.344 e. The molecule has 4 aliphatic heterocycles. The van der Waals surface area contributed by atoms with Crippen molar-refractivity contribution in [3.8, 4) is 0 Å². The van der Waals surface area contributed by atoms with Gasteiger partial charge in [-0.2, -0.15) is 0 Å². The zero-order chi connectivity index (χ0) is 20.7. The molecule has 0 aliphatic carbocycles. The van der Waals surface area contributed by atoms with Gasteiger partial charge < -0.3 is 15.1 Å². The lowest BCUT2D eigenvalue weighted by Gasteiger charge is -2.45. The highest BCUT2D eigenvalue weighted by Crippen LogP contribution is 2.35. The molecule has 2 aromatic carbocycles. The van der Waals surface area contributed by atoms with Crippen LogP contribution < -0.4 is 5.32 Å². The van der Waals surface area contributed by atoms with Crippen molar-refractivity contribution in [3.05, 3.63) is 71.0 Å². The summed E-state index contributed by atoms with van der Waals surface area (Å²) in [4.78, 5) is 30.2. The molecule has 4 aliphatic rings. The zero-order valence-corrected chi connectivity index (χ0v) is 16.9. The van der Waals surface area contributed by atoms with Gasteiger partial charge in [0.2, 0.25) is 0 Å². The quantitative estimate of drug-likeness (QED) is 0.779. The monoisotopic (exact) mass is 407 g/mol. The van der Waals surface area contributed by atoms with E-state index in [4.69, 9.17) is 0 Å². The number of hydrogen-bond donors (Lipinski definition) is 1. The Morgan fingerprint density at radius 1 is 0.967 bits per heavy atom. The summed E-state index contributed by atoms with van der Waals surface area (Å²) in [5.41, 5.74) is 2.97. The van der Waals surface area contributed by atoms with Crippen molar-refractivity contribution < 1.29 is 14.0 Å². The second-order valence-corrected chi connectivity index (χ2v) is 8.62. The molecule has 2 amide bonds. The average Bonchev–Trinajstić information content (AvgIpc) is 2.79. The number of fused-ring (bicyclic) bond motifs is 4. The highest BCUT2D eigenvalue weighted by Gasteiger charge is 2.39. The Bertz CT molecular complexity index is 953. The molecule has 0 unspecified atom stereocenters. The molecule has 0 aromatic heterocycles. The van der Waals surface area contributed by atoms with Gasteiger partial charge >= 0.3 is 11.8 Å². The second-order valence-electron chi connectivity index (χ2n) is 8.62. The maximum absolute atomic E-state index is 13.5. The van der Waals surface area contributed by atoms with Crippen LogP contribution in [0.5, 0.6) is 0 Å². The molecule has 0 saturated carbocycles. The van der Waals surface area contributed by atoms with Crippen molar-refractivity contribution in [2.45, 2.75) is 31.3 Å². The van der Waals surface area contributed by atoms with Gasteiger partial charge in [-0.3, -0.25) is 9.59 Å². The minimum absolute atomic E-state index is 0.0466. The molecule has 156 valence electrons. The Balaban J connectivity index is 1.40. The standard InChI is InChI=1S/C24H26FN3O2/c25-19-7-5-18(6-8-19)22-20-4-2-1-3-16(20)11-14-28(22)24(30)23(29)26-21-15-27-12-9-17(21)10-13-27/h1-8,17,21-22H,9-15H2,(H,26,29)/t21-,22+/m1/s1. The van der Waals surface area contributed by atoms with Crippen LogP contribution in [0.4, 0.5) is 4.39 Å². The first-order valence-corrected chi connectivity index (χ1v) is 10.8. The van der Waals surface area contributed by atoms with Crippen molar-refractivity contribution >= 4 is 11.8 Å². The summed E-state index contributed by atoms with van der Waals surface area (Å²) in [7, 11) is 0. The first kappa shape index (κ1) is 19.2. The molecule has 4 heterocycles. The van der Waals surface area contributed by atoms with E-state index in [0.717, 1.165) is 49.2 Å². The Labute approximate surface area is 175 Å². The van der Waals surface area contributed by atoms with Gasteiger partial charge in [0.05, 0.1) is 6.04 Å². The van der Waals surface area contributed by atoms with Crippen molar-refractivity contribution in [1.29, 1.82) is 0 Å². The summed E-state index contributed by atoms with van der Waals surface area (Å²) < 4.78 is 13.5. The zero-order valence-electron chi connectivity index (χ0n) is 16.9. The van der Waals surface area contributed by atoms with Crippen LogP contribution in [0.3, 0.4) is 0 Å². The number of hydrogen-bond acceptors (Lipinski definition) is 3. The van der Waals surface area contributed by atoms with Crippen LogP contribution >= 0.6 is 0 Å². The van der Waals surface area contributed by atoms with Crippen molar-refractivity contribution in [1.82, 2.24) is 15.1 Å². The minimum atomic E-state index is -0.528. The van der Waals surface area contributed by atoms with E-state index in [9.17, 15) is 14.0 Å². The Kier molecular flexibility index (Phi) is 5.03. The summed E-state index contributed by atoms with van der Waals surface area (Å²) in [6.07, 6.45) is 2.86. The Hall–Kier alpha value is -2.73. The number of amides is 2. The molecule has 30 heavy (non-hydrogen) atoms. The number of piperidine rings is 3. The third-order valence-corrected chi connectivity index (χ3v) is 6.90. The van der Waals surface area contributed by atoms with Crippen LogP contribution in [0, 0.1) is 11.7 Å². The van der Waals surface area contributed by atoms with E-state index in [1.807, 2.05) is 18.2 Å². The molecule has 0 radical (unpaired) electrons. The molecular weight excluding hydrogens is 381 g/mol. The third kappa shape index (κ3) is 3.49. The average molecular weight is 407 g/mol. The van der Waals surface area contributed by atoms with Crippen molar-refractivity contribution in [2.75, 3.05) is 26.2 Å². The normalized spacial score (nSPS) is 27.4. The number of nitrogens with zero attached hydrogens (tertiary/aromatic N) is 2. The highest BCUT2D eigenvalue weighted by atomic mass is 19.1. The van der Waals surface area contributed by atoms with E-state index in [0.29, 0.717) is 18.9 Å². The van der Waals surface area contributed by atoms with Gasteiger partial charge in [-0.25, -0.2) is 4.39 Å². The first-order valence-electron chi connectivity index (χ1n) is 10.8. The molecule has 0 spiro atoms. The lowest BCUT2D eigenvalue weighted by Crippen LogP contribution is -2.59. The summed E-state index contributed by atoms with van der Waals surface area (Å²) in [5.74, 6) is -0.891. The molecule has 6 heteroatoms. The topological polar surface area (TPSA) is 52.7 Å². The molecule has 3 saturated heterocycles. The summed E-state index contributed by atoms with van der Waals surface area (Å²) in [5, 5.41) is 3.02. The van der Waals surface area contributed by atoms with Crippen molar-refractivity contribution in [3.63, 3.8) is 0 Å². The fourth-order valence-corrected chi connectivity index (χ4v) is 5.28. The van der Waals surface area contributed by atoms with Crippen LogP contribution in [-0.2, 0) is 16.0 Å². The number of nitrogens with one attached hydrogen (secondary N) is 1. The van der Waals surface area contributed by atoms with E-state index in [2.05, 4.69) is 16.3 Å². The Morgan fingerprint density at radius 3 is 2.40 bits per heavy atom. The number of carbonyl (C=O) groups is 2. The van der Waals surface area contributed by atoms with E-state index < -0.39 is 11.8 Å². The van der Waals surface area contributed by atoms with E-state index in [-0.39, 0.29) is 17.9 Å². The summed E-state index contributed by atoms with van der Waals surface area (Å²) in [6, 6.07) is 13.8. The van der Waals surface area contributed by atoms with Gasteiger partial charge in [-0.15, -0.1) is 0 Å². The molecule has 2 aromatic rings. The smallest absolute Gasteiger partial charge is 0.312 e. The van der Waals surface area contributed by atoms with Crippen LogP contribution in [-0.4, -0.2) is 53.8 Å². The number of rotatable bonds is 2. The van der Waals surface area contributed by atoms with Gasteiger partial charge in [0.25, 0.3) is 0 Å². The summed E-state index contributed by atoms with van der Waals surface area (Å²) in [6.45, 7) is 3.46. The van der Waals surface area contributed by atoms with Gasteiger partial charge in [-0.1, -0.05) is 36.4 Å². The van der Waals surface area contributed by atoms with Crippen LogP contribution in [0.2, 0.25) is 0 Å². The predicted molar refractivity (Wildman–Crippen MR) is 111 cm³/mol. The van der Waals surface area contributed by atoms with Gasteiger partial charge in [0.1, 0.15) is 5.82 Å². The molecule has 3 fully saturated rings. The molecular formula is C24H26FN3O2. The second kappa shape index (κ2) is 7.84. The maximum Gasteiger partial charge on any atom is 0.312 e. The number of carbonyl (C=O) groups excluding carboxylic acids is 2. The molecule has 5 nitrogen and oxygen atoms in total. The number of benzene rings is 2. The van der Waals surface area contributed by atoms with Crippen LogP contribution in [0.1, 0.15) is 35.6 Å². The van der Waals surface area contributed by atoms with E-state index in [1.54, 1.807) is 17.0 Å². The Morgan fingerprint density at radius 2 is 1.70 bits per heavy atom. The van der Waals surface area contributed by atoms with Gasteiger partial charge in [0, 0.05) is 19.1 Å². The predicted octanol–water partition coefficient (Wildman–Crippen LogP) is 2.51. The molecule has 2 atom stereocenters. The lowest BCUT2D eigenvalue weighted by atomic mass is 9.84. The minimum Gasteiger partial charge on any atom is -0.344 e. The maximum atomic E-state index is 13.5. The fraction of sp³-hybridized carbons (Fsp3) is 0.417.